The Hall–Kier alpha value is -0.980. The minimum Gasteiger partial charge on any atom is -0.379 e. The number of ether oxygens (including phenoxy) is 1. The van der Waals surface area contributed by atoms with Gasteiger partial charge in [-0.25, -0.2) is 4.98 Å². The lowest BCUT2D eigenvalue weighted by molar-refractivity contribution is -0.141. The van der Waals surface area contributed by atoms with E-state index in [-0.39, 0.29) is 11.9 Å². The quantitative estimate of drug-likeness (QED) is 0.880. The number of hydrogen-bond acceptors (Lipinski definition) is 5. The summed E-state index contributed by atoms with van der Waals surface area (Å²) in [6.07, 6.45) is 0. The van der Waals surface area contributed by atoms with Crippen LogP contribution in [0.2, 0.25) is 0 Å². The monoisotopic (exact) mass is 269 g/mol. The molecule has 18 heavy (non-hydrogen) atoms. The fraction of sp³-hybridized carbons (Fsp3) is 0.667. The van der Waals surface area contributed by atoms with Gasteiger partial charge in [-0.3, -0.25) is 4.79 Å². The molecular formula is C12H19N3O2S. The van der Waals surface area contributed by atoms with E-state index in [1.54, 1.807) is 23.3 Å². The van der Waals surface area contributed by atoms with Crippen LogP contribution >= 0.6 is 11.3 Å². The Morgan fingerprint density at radius 1 is 1.78 bits per heavy atom. The molecule has 1 aromatic rings. The molecule has 1 fully saturated rings. The summed E-state index contributed by atoms with van der Waals surface area (Å²) in [6.45, 7) is 5.19. The van der Waals surface area contributed by atoms with Crippen LogP contribution in [0.5, 0.6) is 0 Å². The summed E-state index contributed by atoms with van der Waals surface area (Å²) in [6, 6.07) is -0.232. The number of nitrogens with two attached hydrogens (primary N) is 1. The van der Waals surface area contributed by atoms with Crippen molar-refractivity contribution in [2.45, 2.75) is 26.4 Å². The van der Waals surface area contributed by atoms with E-state index < -0.39 is 5.41 Å². The van der Waals surface area contributed by atoms with Crippen LogP contribution in [0.15, 0.2) is 5.38 Å². The highest BCUT2D eigenvalue weighted by atomic mass is 32.1. The molecule has 0 saturated carbocycles. The fourth-order valence-corrected chi connectivity index (χ4v) is 2.74. The molecule has 0 radical (unpaired) electrons. The number of rotatable bonds is 3. The SMILES string of the molecule is Cc1nc(CN(C)C(=O)C2(C)COCC2N)cs1. The molecule has 2 atom stereocenters. The zero-order valence-electron chi connectivity index (χ0n) is 11.0. The lowest BCUT2D eigenvalue weighted by Gasteiger charge is -2.30. The van der Waals surface area contributed by atoms with Crippen molar-refractivity contribution in [3.05, 3.63) is 16.1 Å². The minimum atomic E-state index is -0.611. The Bertz CT molecular complexity index is 448. The summed E-state index contributed by atoms with van der Waals surface area (Å²) >= 11 is 1.59. The third-order valence-corrected chi connectivity index (χ3v) is 4.24. The van der Waals surface area contributed by atoms with Crippen LogP contribution in [0.1, 0.15) is 17.6 Å². The first kappa shape index (κ1) is 13.5. The fourth-order valence-electron chi connectivity index (χ4n) is 2.14. The minimum absolute atomic E-state index is 0.0261. The van der Waals surface area contributed by atoms with Gasteiger partial charge in [0.2, 0.25) is 5.91 Å². The normalized spacial score (nSPS) is 27.4. The average molecular weight is 269 g/mol. The molecule has 1 aliphatic rings. The molecule has 2 N–H and O–H groups in total. The lowest BCUT2D eigenvalue weighted by atomic mass is 9.84. The molecule has 2 heterocycles. The summed E-state index contributed by atoms with van der Waals surface area (Å²) < 4.78 is 5.31. The number of aromatic nitrogens is 1. The second-order valence-electron chi connectivity index (χ2n) is 5.06. The summed E-state index contributed by atoms with van der Waals surface area (Å²) in [4.78, 5) is 18.5. The van der Waals surface area contributed by atoms with Gasteiger partial charge in [-0.2, -0.15) is 0 Å². The van der Waals surface area contributed by atoms with Crippen molar-refractivity contribution in [2.24, 2.45) is 11.1 Å². The maximum atomic E-state index is 12.4. The molecule has 100 valence electrons. The summed E-state index contributed by atoms with van der Waals surface area (Å²) in [5, 5.41) is 2.99. The molecular weight excluding hydrogens is 250 g/mol. The van der Waals surface area contributed by atoms with Crippen LogP contribution in [-0.2, 0) is 16.1 Å². The Morgan fingerprint density at radius 3 is 3.00 bits per heavy atom. The molecule has 6 heteroatoms. The van der Waals surface area contributed by atoms with Gasteiger partial charge in [-0.15, -0.1) is 11.3 Å². The number of aryl methyl sites for hydroxylation is 1. The van der Waals surface area contributed by atoms with Gasteiger partial charge in [0.25, 0.3) is 0 Å². The topological polar surface area (TPSA) is 68.5 Å². The van der Waals surface area contributed by atoms with Crippen LogP contribution in [0, 0.1) is 12.3 Å². The first-order chi connectivity index (χ1) is 8.43. The van der Waals surface area contributed by atoms with Crippen LogP contribution in [-0.4, -0.2) is 42.1 Å². The van der Waals surface area contributed by atoms with Gasteiger partial charge in [0.15, 0.2) is 0 Å². The molecule has 2 rings (SSSR count). The van der Waals surface area contributed by atoms with Crippen molar-refractivity contribution in [1.29, 1.82) is 0 Å². The van der Waals surface area contributed by atoms with E-state index in [9.17, 15) is 4.79 Å². The summed E-state index contributed by atoms with van der Waals surface area (Å²) in [7, 11) is 1.79. The van der Waals surface area contributed by atoms with Crippen LogP contribution < -0.4 is 5.73 Å². The van der Waals surface area contributed by atoms with E-state index in [1.165, 1.54) is 0 Å². The van der Waals surface area contributed by atoms with E-state index in [0.717, 1.165) is 10.7 Å². The second kappa shape index (κ2) is 4.95. The number of thiazole rings is 1. The van der Waals surface area contributed by atoms with Crippen molar-refractivity contribution in [3.63, 3.8) is 0 Å². The predicted octanol–water partition coefficient (Wildman–Crippen LogP) is 0.774. The van der Waals surface area contributed by atoms with E-state index in [1.807, 2.05) is 19.2 Å². The molecule has 0 bridgehead atoms. The second-order valence-corrected chi connectivity index (χ2v) is 6.12. The molecule has 0 aromatic carbocycles. The number of amides is 1. The molecule has 0 aliphatic carbocycles. The Morgan fingerprint density at radius 2 is 2.50 bits per heavy atom. The number of nitrogens with zero attached hydrogens (tertiary/aromatic N) is 2. The molecule has 1 amide bonds. The lowest BCUT2D eigenvalue weighted by Crippen LogP contribution is -2.50. The predicted molar refractivity (Wildman–Crippen MR) is 70.2 cm³/mol. The van der Waals surface area contributed by atoms with Crippen molar-refractivity contribution < 1.29 is 9.53 Å². The van der Waals surface area contributed by atoms with Crippen LogP contribution in [0.3, 0.4) is 0 Å². The van der Waals surface area contributed by atoms with E-state index in [0.29, 0.717) is 19.8 Å². The highest BCUT2D eigenvalue weighted by Crippen LogP contribution is 2.29. The molecule has 0 spiro atoms. The van der Waals surface area contributed by atoms with Gasteiger partial charge in [-0.1, -0.05) is 0 Å². The largest absolute Gasteiger partial charge is 0.379 e. The van der Waals surface area contributed by atoms with Gasteiger partial charge in [0, 0.05) is 18.5 Å². The van der Waals surface area contributed by atoms with E-state index in [2.05, 4.69) is 4.98 Å². The maximum absolute atomic E-state index is 12.4. The van der Waals surface area contributed by atoms with Crippen molar-refractivity contribution in [2.75, 3.05) is 20.3 Å². The summed E-state index contributed by atoms with van der Waals surface area (Å²) in [5.74, 6) is 0.0261. The maximum Gasteiger partial charge on any atom is 0.232 e. The van der Waals surface area contributed by atoms with Crippen LogP contribution in [0.4, 0.5) is 0 Å². The standard InChI is InChI=1S/C12H19N3O2S/c1-8-14-9(6-18-8)4-15(3)11(16)12(2)7-17-5-10(12)13/h6,10H,4-5,7,13H2,1-3H3. The molecule has 2 unspecified atom stereocenters. The van der Waals surface area contributed by atoms with Gasteiger partial charge < -0.3 is 15.4 Å². The highest BCUT2D eigenvalue weighted by Gasteiger charge is 2.45. The zero-order chi connectivity index (χ0) is 13.3. The first-order valence-corrected chi connectivity index (χ1v) is 6.81. The average Bonchev–Trinajstić information content (AvgIpc) is 2.86. The van der Waals surface area contributed by atoms with Gasteiger partial charge >= 0.3 is 0 Å². The third-order valence-electron chi connectivity index (χ3n) is 3.42. The van der Waals surface area contributed by atoms with Gasteiger partial charge in [-0.05, 0) is 13.8 Å². The number of hydrogen-bond donors (Lipinski definition) is 1. The number of carbonyl (C=O) groups excluding carboxylic acids is 1. The Labute approximate surface area is 111 Å². The van der Waals surface area contributed by atoms with Crippen LogP contribution in [0.25, 0.3) is 0 Å². The highest BCUT2D eigenvalue weighted by molar-refractivity contribution is 7.09. The van der Waals surface area contributed by atoms with E-state index >= 15 is 0 Å². The van der Waals surface area contributed by atoms with Gasteiger partial charge in [0.1, 0.15) is 0 Å². The van der Waals surface area contributed by atoms with E-state index in [4.69, 9.17) is 10.5 Å². The summed E-state index contributed by atoms with van der Waals surface area (Å²) in [5.41, 5.74) is 6.27. The smallest absolute Gasteiger partial charge is 0.232 e. The Kier molecular flexibility index (Phi) is 3.70. The van der Waals surface area contributed by atoms with Crippen molar-refractivity contribution in [1.82, 2.24) is 9.88 Å². The number of carbonyl (C=O) groups is 1. The third kappa shape index (κ3) is 2.41. The van der Waals surface area contributed by atoms with Crippen molar-refractivity contribution >= 4 is 17.2 Å². The molecule has 1 aromatic heterocycles. The molecule has 5 nitrogen and oxygen atoms in total. The molecule has 1 aliphatic heterocycles. The zero-order valence-corrected chi connectivity index (χ0v) is 11.8. The molecule has 1 saturated heterocycles. The first-order valence-electron chi connectivity index (χ1n) is 5.93. The van der Waals surface area contributed by atoms with Crippen molar-refractivity contribution in [3.8, 4) is 0 Å². The Balaban J connectivity index is 2.05. The van der Waals surface area contributed by atoms with Gasteiger partial charge in [0.05, 0.1) is 35.9 Å².